The lowest BCUT2D eigenvalue weighted by molar-refractivity contribution is 0.117. The minimum Gasteiger partial charge on any atom is -0.494 e. The van der Waals surface area contributed by atoms with Crippen LogP contribution in [-0.4, -0.2) is 25.9 Å². The van der Waals surface area contributed by atoms with Crippen molar-refractivity contribution in [3.63, 3.8) is 0 Å². The Morgan fingerprint density at radius 2 is 1.09 bits per heavy atom. The van der Waals surface area contributed by atoms with E-state index in [-0.39, 0.29) is 13.5 Å². The van der Waals surface area contributed by atoms with Crippen LogP contribution >= 0.6 is 0 Å². The van der Waals surface area contributed by atoms with Crippen LogP contribution in [0.15, 0.2) is 84.9 Å². The Balaban J connectivity index is 0.00000432. The number of rotatable bonds is 17. The van der Waals surface area contributed by atoms with Gasteiger partial charge in [-0.2, -0.15) is 0 Å². The topological polar surface area (TPSA) is 53.7 Å². The first kappa shape index (κ1) is 28.4. The molecule has 0 aromatic heterocycles. The average Bonchev–Trinajstić information content (AvgIpc) is 2.88. The van der Waals surface area contributed by atoms with Gasteiger partial charge in [-0.05, 0) is 54.7 Å². The fourth-order valence-corrected chi connectivity index (χ4v) is 3.79. The number of hydrogen-bond donors (Lipinski definition) is 1. The van der Waals surface area contributed by atoms with E-state index in [1.165, 1.54) is 36.8 Å². The van der Waals surface area contributed by atoms with E-state index in [0.717, 1.165) is 44.0 Å². The van der Waals surface area contributed by atoms with E-state index in [4.69, 9.17) is 19.9 Å². The van der Waals surface area contributed by atoms with Crippen LogP contribution in [0.5, 0.6) is 11.5 Å². The quantitative estimate of drug-likeness (QED) is 0.209. The summed E-state index contributed by atoms with van der Waals surface area (Å²) in [5.74, 6) is 1.76. The van der Waals surface area contributed by atoms with E-state index in [0.29, 0.717) is 13.2 Å². The van der Waals surface area contributed by atoms with Gasteiger partial charge < -0.3 is 19.9 Å². The molecule has 35 heavy (non-hydrogen) atoms. The predicted molar refractivity (Wildman–Crippen MR) is 146 cm³/mol. The molecule has 4 heteroatoms. The lowest BCUT2D eigenvalue weighted by Gasteiger charge is -2.12. The fourth-order valence-electron chi connectivity index (χ4n) is 3.79. The maximum absolute atomic E-state index is 6.16. The molecule has 0 heterocycles. The minimum absolute atomic E-state index is 0. The molecule has 1 atom stereocenters. The Bertz CT molecular complexity index is 884. The van der Waals surface area contributed by atoms with Crippen LogP contribution < -0.4 is 15.2 Å². The highest BCUT2D eigenvalue weighted by Gasteiger charge is 2.04. The third-order valence-electron chi connectivity index (χ3n) is 5.70. The van der Waals surface area contributed by atoms with E-state index < -0.39 is 0 Å². The zero-order valence-corrected chi connectivity index (χ0v) is 20.2. The van der Waals surface area contributed by atoms with Gasteiger partial charge in [0.1, 0.15) is 18.1 Å². The average molecular weight is 478 g/mol. The van der Waals surface area contributed by atoms with Gasteiger partial charge in [0.15, 0.2) is 0 Å². The van der Waals surface area contributed by atoms with Gasteiger partial charge in [-0.25, -0.2) is 0 Å². The number of nitrogens with two attached hydrogens (primary N) is 1. The lowest BCUT2D eigenvalue weighted by atomic mass is 10.1. The van der Waals surface area contributed by atoms with Gasteiger partial charge >= 0.3 is 0 Å². The molecule has 0 aliphatic heterocycles. The molecule has 0 bridgehead atoms. The molecule has 0 fully saturated rings. The van der Waals surface area contributed by atoms with Crippen molar-refractivity contribution >= 4 is 0 Å². The standard InChI is InChI=1S/C30H39NO3.CH4/c31-28(23-26-13-7-5-8-14-26)25-32-21-11-3-1-2-4-12-22-33-29-17-19-30(20-18-29)34-24-27-15-9-6-10-16-27;/h5-10,13-20,28H,1-4,11-12,21-25,31H2;1H4/t28-;/m0./s1. The van der Waals surface area contributed by atoms with Gasteiger partial charge in [0.05, 0.1) is 13.2 Å². The van der Waals surface area contributed by atoms with Crippen molar-refractivity contribution in [1.29, 1.82) is 0 Å². The van der Waals surface area contributed by atoms with E-state index in [1.807, 2.05) is 48.5 Å². The normalized spacial score (nSPS) is 11.5. The van der Waals surface area contributed by atoms with Crippen LogP contribution in [0.1, 0.15) is 57.1 Å². The van der Waals surface area contributed by atoms with Crippen molar-refractivity contribution < 1.29 is 14.2 Å². The zero-order valence-electron chi connectivity index (χ0n) is 20.2. The summed E-state index contributed by atoms with van der Waals surface area (Å²) in [6, 6.07) is 28.5. The first-order valence-corrected chi connectivity index (χ1v) is 12.6. The Kier molecular flexibility index (Phi) is 14.3. The summed E-state index contributed by atoms with van der Waals surface area (Å²) < 4.78 is 17.4. The van der Waals surface area contributed by atoms with Crippen LogP contribution in [-0.2, 0) is 17.8 Å². The van der Waals surface area contributed by atoms with Crippen molar-refractivity contribution in [3.8, 4) is 11.5 Å². The molecule has 4 nitrogen and oxygen atoms in total. The monoisotopic (exact) mass is 477 g/mol. The Hall–Kier alpha value is -2.82. The van der Waals surface area contributed by atoms with Gasteiger partial charge in [0.25, 0.3) is 0 Å². The number of benzene rings is 3. The number of hydrogen-bond acceptors (Lipinski definition) is 4. The van der Waals surface area contributed by atoms with Crippen molar-refractivity contribution in [2.45, 2.75) is 65.0 Å². The van der Waals surface area contributed by atoms with Crippen molar-refractivity contribution in [2.75, 3.05) is 19.8 Å². The van der Waals surface area contributed by atoms with Crippen LogP contribution in [0.4, 0.5) is 0 Å². The second kappa shape index (κ2) is 17.6. The highest BCUT2D eigenvalue weighted by atomic mass is 16.5. The van der Waals surface area contributed by atoms with Crippen LogP contribution in [0.3, 0.4) is 0 Å². The van der Waals surface area contributed by atoms with E-state index >= 15 is 0 Å². The Morgan fingerprint density at radius 3 is 1.71 bits per heavy atom. The van der Waals surface area contributed by atoms with Gasteiger partial charge in [-0.3, -0.25) is 0 Å². The third kappa shape index (κ3) is 12.4. The molecule has 0 amide bonds. The van der Waals surface area contributed by atoms with Crippen LogP contribution in [0, 0.1) is 0 Å². The maximum atomic E-state index is 6.16. The molecule has 0 spiro atoms. The second-order valence-electron chi connectivity index (χ2n) is 8.74. The summed E-state index contributed by atoms with van der Waals surface area (Å²) in [6.45, 7) is 2.77. The van der Waals surface area contributed by atoms with Crippen molar-refractivity contribution in [1.82, 2.24) is 0 Å². The molecule has 0 saturated heterocycles. The largest absolute Gasteiger partial charge is 0.494 e. The summed E-state index contributed by atoms with van der Waals surface area (Å²) in [7, 11) is 0. The van der Waals surface area contributed by atoms with Gasteiger partial charge in [-0.15, -0.1) is 0 Å². The molecule has 0 saturated carbocycles. The number of ether oxygens (including phenoxy) is 3. The first-order chi connectivity index (χ1) is 16.8. The summed E-state index contributed by atoms with van der Waals surface area (Å²) in [6.07, 6.45) is 7.94. The fraction of sp³-hybridized carbons (Fsp3) is 0.419. The smallest absolute Gasteiger partial charge is 0.120 e. The molecule has 3 aromatic carbocycles. The third-order valence-corrected chi connectivity index (χ3v) is 5.70. The van der Waals surface area contributed by atoms with Crippen molar-refractivity contribution in [3.05, 3.63) is 96.1 Å². The lowest BCUT2D eigenvalue weighted by Crippen LogP contribution is -2.28. The first-order valence-electron chi connectivity index (χ1n) is 12.6. The van der Waals surface area contributed by atoms with E-state index in [2.05, 4.69) is 36.4 Å². The zero-order chi connectivity index (χ0) is 23.7. The van der Waals surface area contributed by atoms with Gasteiger partial charge in [0.2, 0.25) is 0 Å². The predicted octanol–water partition coefficient (Wildman–Crippen LogP) is 7.21. The Labute approximate surface area is 212 Å². The second-order valence-corrected chi connectivity index (χ2v) is 8.74. The molecule has 2 N–H and O–H groups in total. The molecule has 0 radical (unpaired) electrons. The van der Waals surface area contributed by atoms with Crippen molar-refractivity contribution in [2.24, 2.45) is 5.73 Å². The highest BCUT2D eigenvalue weighted by Crippen LogP contribution is 2.19. The van der Waals surface area contributed by atoms with Gasteiger partial charge in [0, 0.05) is 12.6 Å². The summed E-state index contributed by atoms with van der Waals surface area (Å²) in [5, 5.41) is 0. The van der Waals surface area contributed by atoms with Gasteiger partial charge in [-0.1, -0.05) is 93.8 Å². The SMILES string of the molecule is C.N[C@H](COCCCCCCCCOc1ccc(OCc2ccccc2)cc1)Cc1ccccc1. The maximum Gasteiger partial charge on any atom is 0.120 e. The molecule has 3 aromatic rings. The molecule has 0 aliphatic rings. The molecule has 0 unspecified atom stereocenters. The van der Waals surface area contributed by atoms with E-state index in [9.17, 15) is 0 Å². The minimum atomic E-state index is 0. The molecular formula is C31H43NO3. The van der Waals surface area contributed by atoms with Crippen LogP contribution in [0.25, 0.3) is 0 Å². The number of unbranched alkanes of at least 4 members (excludes halogenated alkanes) is 5. The highest BCUT2D eigenvalue weighted by molar-refractivity contribution is 5.31. The van der Waals surface area contributed by atoms with Crippen LogP contribution in [0.2, 0.25) is 0 Å². The Morgan fingerprint density at radius 1 is 0.571 bits per heavy atom. The molecule has 3 rings (SSSR count). The molecular weight excluding hydrogens is 434 g/mol. The summed E-state index contributed by atoms with van der Waals surface area (Å²) >= 11 is 0. The summed E-state index contributed by atoms with van der Waals surface area (Å²) in [4.78, 5) is 0. The van der Waals surface area contributed by atoms with E-state index in [1.54, 1.807) is 0 Å². The summed E-state index contributed by atoms with van der Waals surface area (Å²) in [5.41, 5.74) is 8.59. The molecule has 190 valence electrons. The molecule has 0 aliphatic carbocycles.